The van der Waals surface area contributed by atoms with Crippen molar-refractivity contribution in [1.29, 1.82) is 0 Å². The lowest BCUT2D eigenvalue weighted by molar-refractivity contribution is 0.348. The number of rotatable bonds is 4. The number of aromatic nitrogens is 2. The first kappa shape index (κ1) is 13.5. The van der Waals surface area contributed by atoms with E-state index in [1.54, 1.807) is 6.07 Å². The molecule has 0 fully saturated rings. The molecular formula is C12H13BrClN3O. The SMILES string of the molecule is CCC[C@@H](N)c1nc(-c2ccc(Cl)c(Br)c2)no1. The molecule has 1 aromatic heterocycles. The Morgan fingerprint density at radius 3 is 2.94 bits per heavy atom. The highest BCUT2D eigenvalue weighted by Crippen LogP contribution is 2.28. The van der Waals surface area contributed by atoms with Crippen molar-refractivity contribution < 1.29 is 4.52 Å². The highest BCUT2D eigenvalue weighted by atomic mass is 79.9. The zero-order valence-electron chi connectivity index (χ0n) is 9.86. The van der Waals surface area contributed by atoms with Crippen LogP contribution in [0.2, 0.25) is 5.02 Å². The van der Waals surface area contributed by atoms with Gasteiger partial charge >= 0.3 is 0 Å². The smallest absolute Gasteiger partial charge is 0.243 e. The Morgan fingerprint density at radius 1 is 1.50 bits per heavy atom. The van der Waals surface area contributed by atoms with E-state index in [1.807, 2.05) is 12.1 Å². The molecule has 0 aliphatic heterocycles. The van der Waals surface area contributed by atoms with E-state index in [1.165, 1.54) is 0 Å². The van der Waals surface area contributed by atoms with Crippen LogP contribution in [0.25, 0.3) is 11.4 Å². The molecule has 0 radical (unpaired) electrons. The lowest BCUT2D eigenvalue weighted by Crippen LogP contribution is -2.09. The fourth-order valence-corrected chi connectivity index (χ4v) is 2.07. The van der Waals surface area contributed by atoms with Crippen LogP contribution >= 0.6 is 27.5 Å². The zero-order chi connectivity index (χ0) is 13.1. The number of benzene rings is 1. The molecule has 0 spiro atoms. The number of halogens is 2. The molecule has 1 heterocycles. The second kappa shape index (κ2) is 5.82. The molecule has 2 rings (SSSR count). The molecule has 18 heavy (non-hydrogen) atoms. The quantitative estimate of drug-likeness (QED) is 0.921. The van der Waals surface area contributed by atoms with E-state index in [4.69, 9.17) is 21.9 Å². The Bertz CT molecular complexity index is 544. The molecule has 96 valence electrons. The summed E-state index contributed by atoms with van der Waals surface area (Å²) >= 11 is 9.30. The van der Waals surface area contributed by atoms with Crippen LogP contribution in [0.15, 0.2) is 27.2 Å². The maximum absolute atomic E-state index is 5.93. The van der Waals surface area contributed by atoms with Crippen molar-refractivity contribution in [2.45, 2.75) is 25.8 Å². The van der Waals surface area contributed by atoms with Crippen LogP contribution in [0.1, 0.15) is 31.7 Å². The molecule has 0 unspecified atom stereocenters. The standard InChI is InChI=1S/C12H13BrClN3O/c1-2-3-10(15)12-16-11(17-18-12)7-4-5-9(14)8(13)6-7/h4-6,10H,2-3,15H2,1H3/t10-/m1/s1. The summed E-state index contributed by atoms with van der Waals surface area (Å²) < 4.78 is 5.97. The van der Waals surface area contributed by atoms with Crippen molar-refractivity contribution in [2.75, 3.05) is 0 Å². The van der Waals surface area contributed by atoms with E-state index in [0.29, 0.717) is 16.7 Å². The van der Waals surface area contributed by atoms with Gasteiger partial charge in [-0.3, -0.25) is 0 Å². The van der Waals surface area contributed by atoms with Gasteiger partial charge in [-0.25, -0.2) is 0 Å². The van der Waals surface area contributed by atoms with Crippen LogP contribution in [-0.2, 0) is 0 Å². The van der Waals surface area contributed by atoms with Crippen molar-refractivity contribution in [3.63, 3.8) is 0 Å². The highest BCUT2D eigenvalue weighted by Gasteiger charge is 2.15. The van der Waals surface area contributed by atoms with Crippen LogP contribution in [0, 0.1) is 0 Å². The van der Waals surface area contributed by atoms with E-state index < -0.39 is 0 Å². The second-order valence-electron chi connectivity index (χ2n) is 3.98. The first-order chi connectivity index (χ1) is 8.61. The van der Waals surface area contributed by atoms with Gasteiger partial charge in [0.25, 0.3) is 0 Å². The van der Waals surface area contributed by atoms with Crippen molar-refractivity contribution in [1.82, 2.24) is 10.1 Å². The number of hydrogen-bond acceptors (Lipinski definition) is 4. The molecule has 0 saturated carbocycles. The summed E-state index contributed by atoms with van der Waals surface area (Å²) in [6.45, 7) is 2.06. The van der Waals surface area contributed by atoms with E-state index in [0.717, 1.165) is 22.9 Å². The van der Waals surface area contributed by atoms with Crippen LogP contribution in [0.4, 0.5) is 0 Å². The average molecular weight is 331 g/mol. The fraction of sp³-hybridized carbons (Fsp3) is 0.333. The largest absolute Gasteiger partial charge is 0.337 e. The lowest BCUT2D eigenvalue weighted by atomic mass is 10.2. The number of nitrogens with zero attached hydrogens (tertiary/aromatic N) is 2. The van der Waals surface area contributed by atoms with Gasteiger partial charge in [-0.15, -0.1) is 0 Å². The molecule has 0 aliphatic carbocycles. The fourth-order valence-electron chi connectivity index (χ4n) is 1.57. The predicted molar refractivity (Wildman–Crippen MR) is 74.3 cm³/mol. The van der Waals surface area contributed by atoms with Crippen LogP contribution in [-0.4, -0.2) is 10.1 Å². The third kappa shape index (κ3) is 2.91. The van der Waals surface area contributed by atoms with E-state index in [9.17, 15) is 0 Å². The first-order valence-corrected chi connectivity index (χ1v) is 6.83. The number of hydrogen-bond donors (Lipinski definition) is 1. The zero-order valence-corrected chi connectivity index (χ0v) is 12.2. The molecule has 2 N–H and O–H groups in total. The molecular weight excluding hydrogens is 318 g/mol. The molecule has 0 amide bonds. The minimum Gasteiger partial charge on any atom is -0.337 e. The van der Waals surface area contributed by atoms with E-state index in [-0.39, 0.29) is 6.04 Å². The van der Waals surface area contributed by atoms with E-state index >= 15 is 0 Å². The van der Waals surface area contributed by atoms with Gasteiger partial charge in [-0.05, 0) is 40.5 Å². The van der Waals surface area contributed by atoms with Gasteiger partial charge in [0.05, 0.1) is 11.1 Å². The van der Waals surface area contributed by atoms with Gasteiger partial charge < -0.3 is 10.3 Å². The lowest BCUT2D eigenvalue weighted by Gasteiger charge is -2.02. The number of nitrogens with two attached hydrogens (primary N) is 1. The molecule has 0 bridgehead atoms. The van der Waals surface area contributed by atoms with Crippen molar-refractivity contribution in [3.8, 4) is 11.4 Å². The third-order valence-corrected chi connectivity index (χ3v) is 3.75. The minimum atomic E-state index is -0.202. The highest BCUT2D eigenvalue weighted by molar-refractivity contribution is 9.10. The Labute approximate surface area is 119 Å². The van der Waals surface area contributed by atoms with Gasteiger partial charge in [0.1, 0.15) is 0 Å². The molecule has 1 aromatic carbocycles. The monoisotopic (exact) mass is 329 g/mol. The predicted octanol–water partition coefficient (Wildman–Crippen LogP) is 3.95. The maximum Gasteiger partial charge on any atom is 0.243 e. The normalized spacial score (nSPS) is 12.7. The topological polar surface area (TPSA) is 64.9 Å². The van der Waals surface area contributed by atoms with Gasteiger partial charge in [-0.2, -0.15) is 4.98 Å². The molecule has 4 nitrogen and oxygen atoms in total. The molecule has 2 aromatic rings. The van der Waals surface area contributed by atoms with Crippen molar-refractivity contribution in [2.24, 2.45) is 5.73 Å². The summed E-state index contributed by atoms with van der Waals surface area (Å²) in [4.78, 5) is 4.30. The summed E-state index contributed by atoms with van der Waals surface area (Å²) in [6.07, 6.45) is 1.80. The van der Waals surface area contributed by atoms with Gasteiger partial charge in [0, 0.05) is 10.0 Å². The first-order valence-electron chi connectivity index (χ1n) is 5.66. The summed E-state index contributed by atoms with van der Waals surface area (Å²) in [5.41, 5.74) is 6.76. The average Bonchev–Trinajstić information content (AvgIpc) is 2.82. The molecule has 1 atom stereocenters. The van der Waals surface area contributed by atoms with Crippen LogP contribution in [0.3, 0.4) is 0 Å². The molecule has 6 heteroatoms. The van der Waals surface area contributed by atoms with Crippen LogP contribution < -0.4 is 5.73 Å². The second-order valence-corrected chi connectivity index (χ2v) is 5.24. The Hall–Kier alpha value is -0.910. The Morgan fingerprint density at radius 2 is 2.28 bits per heavy atom. The Kier molecular flexibility index (Phi) is 4.37. The molecule has 0 aliphatic rings. The molecule has 0 saturated heterocycles. The summed E-state index contributed by atoms with van der Waals surface area (Å²) in [6, 6.07) is 5.27. The van der Waals surface area contributed by atoms with Crippen LogP contribution in [0.5, 0.6) is 0 Å². The van der Waals surface area contributed by atoms with E-state index in [2.05, 4.69) is 33.0 Å². The Balaban J connectivity index is 2.26. The maximum atomic E-state index is 5.93. The summed E-state index contributed by atoms with van der Waals surface area (Å²) in [5.74, 6) is 0.992. The third-order valence-electron chi connectivity index (χ3n) is 2.54. The van der Waals surface area contributed by atoms with Crippen molar-refractivity contribution in [3.05, 3.63) is 33.6 Å². The van der Waals surface area contributed by atoms with Gasteiger partial charge in [-0.1, -0.05) is 30.1 Å². The minimum absolute atomic E-state index is 0.202. The summed E-state index contributed by atoms with van der Waals surface area (Å²) in [7, 11) is 0. The van der Waals surface area contributed by atoms with Crippen molar-refractivity contribution >= 4 is 27.5 Å². The summed E-state index contributed by atoms with van der Waals surface area (Å²) in [5, 5.41) is 4.57. The van der Waals surface area contributed by atoms with Gasteiger partial charge in [0.15, 0.2) is 0 Å². The van der Waals surface area contributed by atoms with Gasteiger partial charge in [0.2, 0.25) is 11.7 Å².